The third kappa shape index (κ3) is 6.68. The molecule has 0 radical (unpaired) electrons. The first-order valence-corrected chi connectivity index (χ1v) is 11.4. The number of rotatable bonds is 8. The monoisotopic (exact) mass is 416 g/mol. The largest absolute Gasteiger partial charge is 0.326 e. The Balaban J connectivity index is 1.79. The molecule has 0 fully saturated rings. The van der Waals surface area contributed by atoms with Gasteiger partial charge >= 0.3 is 0 Å². The quantitative estimate of drug-likeness (QED) is 0.607. The maximum atomic E-state index is 12.1. The predicted molar refractivity (Wildman–Crippen MR) is 121 cm³/mol. The SMILES string of the molecule is Cc1ccc(-c2ccc(NC(=O)CCCCNS(=O)(=O)C(C)(C)C)cc2)cc1C. The first kappa shape index (κ1) is 23.1. The minimum Gasteiger partial charge on any atom is -0.326 e. The number of anilines is 1. The van der Waals surface area contributed by atoms with Crippen molar-refractivity contribution in [1.82, 2.24) is 4.72 Å². The number of hydrogen-bond donors (Lipinski definition) is 2. The van der Waals surface area contributed by atoms with Crippen molar-refractivity contribution in [2.75, 3.05) is 11.9 Å². The Morgan fingerprint density at radius 3 is 2.10 bits per heavy atom. The lowest BCUT2D eigenvalue weighted by atomic mass is 10.0. The van der Waals surface area contributed by atoms with E-state index in [1.807, 2.05) is 24.3 Å². The molecule has 0 heterocycles. The average molecular weight is 417 g/mol. The van der Waals surface area contributed by atoms with Crippen molar-refractivity contribution in [2.24, 2.45) is 0 Å². The van der Waals surface area contributed by atoms with E-state index < -0.39 is 14.8 Å². The van der Waals surface area contributed by atoms with Crippen molar-refractivity contribution in [3.8, 4) is 11.1 Å². The van der Waals surface area contributed by atoms with Crippen LogP contribution in [0.15, 0.2) is 42.5 Å². The van der Waals surface area contributed by atoms with E-state index in [1.165, 1.54) is 11.1 Å². The van der Waals surface area contributed by atoms with E-state index in [2.05, 4.69) is 42.1 Å². The summed E-state index contributed by atoms with van der Waals surface area (Å²) in [6, 6.07) is 14.2. The number of benzene rings is 2. The molecule has 0 saturated heterocycles. The Morgan fingerprint density at radius 1 is 0.897 bits per heavy atom. The molecule has 0 unspecified atom stereocenters. The number of carbonyl (C=O) groups is 1. The van der Waals surface area contributed by atoms with E-state index in [0.717, 1.165) is 16.8 Å². The molecule has 158 valence electrons. The van der Waals surface area contributed by atoms with Crippen LogP contribution < -0.4 is 10.0 Å². The molecular formula is C23H32N2O3S. The Kier molecular flexibility index (Phi) is 7.60. The van der Waals surface area contributed by atoms with E-state index in [0.29, 0.717) is 25.8 Å². The smallest absolute Gasteiger partial charge is 0.224 e. The van der Waals surface area contributed by atoms with Crippen LogP contribution in [0.25, 0.3) is 11.1 Å². The van der Waals surface area contributed by atoms with Crippen molar-refractivity contribution in [3.63, 3.8) is 0 Å². The van der Waals surface area contributed by atoms with Crippen LogP contribution in [0.3, 0.4) is 0 Å². The van der Waals surface area contributed by atoms with Crippen molar-refractivity contribution >= 4 is 21.6 Å². The van der Waals surface area contributed by atoms with Gasteiger partial charge in [-0.05, 0) is 81.8 Å². The van der Waals surface area contributed by atoms with Crippen molar-refractivity contribution in [3.05, 3.63) is 53.6 Å². The summed E-state index contributed by atoms with van der Waals surface area (Å²) in [6.45, 7) is 9.52. The van der Waals surface area contributed by atoms with E-state index in [1.54, 1.807) is 20.8 Å². The zero-order valence-electron chi connectivity index (χ0n) is 18.0. The molecule has 2 N–H and O–H groups in total. The number of hydrogen-bond acceptors (Lipinski definition) is 3. The molecule has 1 amide bonds. The van der Waals surface area contributed by atoms with Gasteiger partial charge in [0.25, 0.3) is 0 Å². The topological polar surface area (TPSA) is 75.3 Å². The van der Waals surface area contributed by atoms with Gasteiger partial charge in [-0.25, -0.2) is 13.1 Å². The fourth-order valence-corrected chi connectivity index (χ4v) is 3.57. The third-order valence-electron chi connectivity index (χ3n) is 4.94. The van der Waals surface area contributed by atoms with Gasteiger partial charge in [0.2, 0.25) is 15.9 Å². The maximum absolute atomic E-state index is 12.1. The molecule has 0 aliphatic heterocycles. The van der Waals surface area contributed by atoms with Crippen LogP contribution in [0.2, 0.25) is 0 Å². The second-order valence-electron chi connectivity index (χ2n) is 8.39. The molecule has 0 aromatic heterocycles. The molecule has 0 bridgehead atoms. The van der Waals surface area contributed by atoms with Gasteiger partial charge in [0.05, 0.1) is 4.75 Å². The lowest BCUT2D eigenvalue weighted by Gasteiger charge is -2.19. The van der Waals surface area contributed by atoms with E-state index in [4.69, 9.17) is 0 Å². The van der Waals surface area contributed by atoms with Gasteiger partial charge in [-0.1, -0.05) is 30.3 Å². The number of nitrogens with one attached hydrogen (secondary N) is 2. The third-order valence-corrected chi connectivity index (χ3v) is 7.13. The van der Waals surface area contributed by atoms with Crippen molar-refractivity contribution < 1.29 is 13.2 Å². The second kappa shape index (κ2) is 9.55. The first-order valence-electron chi connectivity index (χ1n) is 9.96. The summed E-state index contributed by atoms with van der Waals surface area (Å²) in [6.07, 6.45) is 1.60. The van der Waals surface area contributed by atoms with Crippen LogP contribution in [0, 0.1) is 13.8 Å². The zero-order valence-corrected chi connectivity index (χ0v) is 18.8. The normalized spacial score (nSPS) is 12.0. The predicted octanol–water partition coefficient (Wildman–Crippen LogP) is 4.80. The summed E-state index contributed by atoms with van der Waals surface area (Å²) in [5.41, 5.74) is 5.55. The van der Waals surface area contributed by atoms with Crippen LogP contribution >= 0.6 is 0 Å². The lowest BCUT2D eigenvalue weighted by molar-refractivity contribution is -0.116. The molecule has 0 aliphatic rings. The molecule has 6 heteroatoms. The maximum Gasteiger partial charge on any atom is 0.224 e. The fourth-order valence-electron chi connectivity index (χ4n) is 2.72. The van der Waals surface area contributed by atoms with Gasteiger partial charge in [0.15, 0.2) is 0 Å². The van der Waals surface area contributed by atoms with Gasteiger partial charge < -0.3 is 5.32 Å². The highest BCUT2D eigenvalue weighted by molar-refractivity contribution is 7.90. The van der Waals surface area contributed by atoms with Crippen LogP contribution in [-0.2, 0) is 14.8 Å². The number of amides is 1. The second-order valence-corrected chi connectivity index (χ2v) is 10.9. The van der Waals surface area contributed by atoms with Gasteiger partial charge in [-0.2, -0.15) is 0 Å². The number of carbonyl (C=O) groups excluding carboxylic acids is 1. The zero-order chi connectivity index (χ0) is 21.7. The molecule has 0 saturated carbocycles. The number of unbranched alkanes of at least 4 members (excludes halogenated alkanes) is 1. The summed E-state index contributed by atoms with van der Waals surface area (Å²) in [5, 5.41) is 2.89. The molecule has 2 rings (SSSR count). The van der Waals surface area contributed by atoms with E-state index >= 15 is 0 Å². The molecule has 5 nitrogen and oxygen atoms in total. The molecule has 2 aromatic rings. The Labute approximate surface area is 175 Å². The minimum atomic E-state index is -3.33. The summed E-state index contributed by atoms with van der Waals surface area (Å²) in [5.74, 6) is -0.0670. The van der Waals surface area contributed by atoms with Crippen molar-refractivity contribution in [2.45, 2.75) is 58.6 Å². The Morgan fingerprint density at radius 2 is 1.52 bits per heavy atom. The Bertz CT molecular complexity index is 943. The van der Waals surface area contributed by atoms with Gasteiger partial charge in [-0.15, -0.1) is 0 Å². The summed E-state index contributed by atoms with van der Waals surface area (Å²) in [4.78, 5) is 12.1. The van der Waals surface area contributed by atoms with Crippen LogP contribution in [-0.4, -0.2) is 25.6 Å². The highest BCUT2D eigenvalue weighted by Gasteiger charge is 2.27. The van der Waals surface area contributed by atoms with Crippen molar-refractivity contribution in [1.29, 1.82) is 0 Å². The summed E-state index contributed by atoms with van der Waals surface area (Å²) in [7, 11) is -3.33. The minimum absolute atomic E-state index is 0.0670. The highest BCUT2D eigenvalue weighted by Crippen LogP contribution is 2.24. The average Bonchev–Trinajstić information content (AvgIpc) is 2.63. The molecule has 29 heavy (non-hydrogen) atoms. The molecule has 2 aromatic carbocycles. The standard InChI is InChI=1S/C23H32N2O3S/c1-17-9-10-20(16-18(17)2)19-11-13-21(14-12-19)25-22(26)8-6-7-15-24-29(27,28)23(3,4)5/h9-14,16,24H,6-8,15H2,1-5H3,(H,25,26). The molecular weight excluding hydrogens is 384 g/mol. The fraction of sp³-hybridized carbons (Fsp3) is 0.435. The number of aryl methyl sites for hydroxylation is 2. The van der Waals surface area contributed by atoms with E-state index in [9.17, 15) is 13.2 Å². The van der Waals surface area contributed by atoms with E-state index in [-0.39, 0.29) is 5.91 Å². The van der Waals surface area contributed by atoms with Gasteiger partial charge in [0, 0.05) is 18.7 Å². The first-order chi connectivity index (χ1) is 13.5. The van der Waals surface area contributed by atoms with Gasteiger partial charge in [-0.3, -0.25) is 4.79 Å². The summed E-state index contributed by atoms with van der Waals surface area (Å²) < 4.78 is 25.7. The van der Waals surface area contributed by atoms with Crippen LogP contribution in [0.4, 0.5) is 5.69 Å². The highest BCUT2D eigenvalue weighted by atomic mass is 32.2. The molecule has 0 atom stereocenters. The summed E-state index contributed by atoms with van der Waals surface area (Å²) >= 11 is 0. The van der Waals surface area contributed by atoms with Gasteiger partial charge in [0.1, 0.15) is 0 Å². The number of sulfonamides is 1. The Hall–Kier alpha value is -2.18. The van der Waals surface area contributed by atoms with Crippen LogP contribution in [0.1, 0.15) is 51.2 Å². The molecule has 0 aliphatic carbocycles. The molecule has 0 spiro atoms. The van der Waals surface area contributed by atoms with Crippen LogP contribution in [0.5, 0.6) is 0 Å². The lowest BCUT2D eigenvalue weighted by Crippen LogP contribution is -2.39.